The van der Waals surface area contributed by atoms with Crippen LogP contribution >= 0.6 is 0 Å². The zero-order valence-electron chi connectivity index (χ0n) is 29.4. The fourth-order valence-electron chi connectivity index (χ4n) is 6.02. The van der Waals surface area contributed by atoms with Crippen LogP contribution in [0.2, 0.25) is 0 Å². The largest absolute Gasteiger partial charge is 0.508 e. The molecule has 2 aromatic carbocycles. The Hall–Kier alpha value is -2.16. The lowest BCUT2D eigenvalue weighted by molar-refractivity contribution is 0.334. The van der Waals surface area contributed by atoms with Gasteiger partial charge >= 0.3 is 0 Å². The highest BCUT2D eigenvalue weighted by Crippen LogP contribution is 2.33. The maximum absolute atomic E-state index is 10.5. The molecule has 44 heavy (non-hydrogen) atoms. The molecule has 0 amide bonds. The van der Waals surface area contributed by atoms with Gasteiger partial charge in [0.25, 0.3) is 0 Å². The first-order chi connectivity index (χ1) is 21.6. The molecule has 0 aliphatic heterocycles. The molecule has 0 aliphatic carbocycles. The molecule has 0 heterocycles. The van der Waals surface area contributed by atoms with Gasteiger partial charge in [-0.15, -0.1) is 0 Å². The number of ether oxygens (including phenoxy) is 1. The minimum Gasteiger partial charge on any atom is -0.508 e. The maximum Gasteiger partial charge on any atom is 0.123 e. The molecule has 0 unspecified atom stereocenters. The van der Waals surface area contributed by atoms with Crippen LogP contribution in [0, 0.1) is 0 Å². The van der Waals surface area contributed by atoms with Crippen molar-refractivity contribution < 1.29 is 14.9 Å². The van der Waals surface area contributed by atoms with Crippen LogP contribution in [0.3, 0.4) is 0 Å². The molecule has 0 atom stereocenters. The van der Waals surface area contributed by atoms with Crippen molar-refractivity contribution >= 4 is 0 Å². The van der Waals surface area contributed by atoms with Crippen LogP contribution in [0.25, 0.3) is 0 Å². The summed E-state index contributed by atoms with van der Waals surface area (Å²) in [7, 11) is 0. The van der Waals surface area contributed by atoms with E-state index in [9.17, 15) is 10.2 Å². The number of hydrogen-bond acceptors (Lipinski definition) is 3. The van der Waals surface area contributed by atoms with E-state index in [-0.39, 0.29) is 0 Å². The molecule has 2 N–H and O–H groups in total. The summed E-state index contributed by atoms with van der Waals surface area (Å²) in [6, 6.07) is 11.5. The lowest BCUT2D eigenvalue weighted by atomic mass is 9.94. The molecule has 0 fully saturated rings. The third-order valence-electron chi connectivity index (χ3n) is 8.77. The quantitative estimate of drug-likeness (QED) is 0.104. The monoisotopic (exact) mass is 611 g/mol. The fourth-order valence-corrected chi connectivity index (χ4v) is 6.02. The van der Waals surface area contributed by atoms with Gasteiger partial charge in [-0.1, -0.05) is 155 Å². The van der Waals surface area contributed by atoms with E-state index >= 15 is 0 Å². The van der Waals surface area contributed by atoms with Crippen LogP contribution in [0.4, 0.5) is 0 Å². The van der Waals surface area contributed by atoms with Crippen LogP contribution < -0.4 is 4.74 Å². The van der Waals surface area contributed by atoms with Gasteiger partial charge in [-0.3, -0.25) is 0 Å². The molecular weight excluding hydrogens is 540 g/mol. The van der Waals surface area contributed by atoms with Crippen molar-refractivity contribution in [2.45, 2.75) is 182 Å². The van der Waals surface area contributed by atoms with Gasteiger partial charge in [-0.2, -0.15) is 0 Å². The van der Waals surface area contributed by atoms with Crippen molar-refractivity contribution in [3.63, 3.8) is 0 Å². The summed E-state index contributed by atoms with van der Waals surface area (Å²) in [6.07, 6.45) is 30.6. The number of aromatic hydroxyl groups is 2. The van der Waals surface area contributed by atoms with Crippen molar-refractivity contribution in [2.24, 2.45) is 0 Å². The van der Waals surface area contributed by atoms with Crippen LogP contribution in [0.15, 0.2) is 36.4 Å². The Bertz CT molecular complexity index is 922. The molecule has 0 aromatic heterocycles. The predicted molar refractivity (Wildman–Crippen MR) is 192 cm³/mol. The average Bonchev–Trinajstić information content (AvgIpc) is 3.03. The molecule has 2 aromatic rings. The second kappa shape index (κ2) is 28.3. The fraction of sp³-hybridized carbons (Fsp3) is 0.707. The highest BCUT2D eigenvalue weighted by Gasteiger charge is 2.14. The lowest BCUT2D eigenvalue weighted by Crippen LogP contribution is -2.02. The Morgan fingerprint density at radius 1 is 0.432 bits per heavy atom. The van der Waals surface area contributed by atoms with Crippen LogP contribution in [0.5, 0.6) is 17.2 Å². The van der Waals surface area contributed by atoms with E-state index in [1.165, 1.54) is 140 Å². The number of phenols is 2. The van der Waals surface area contributed by atoms with Gasteiger partial charge in [0, 0.05) is 11.1 Å². The van der Waals surface area contributed by atoms with Gasteiger partial charge in [0.15, 0.2) is 0 Å². The molecular formula is C41H70O3. The third-order valence-corrected chi connectivity index (χ3v) is 8.77. The average molecular weight is 611 g/mol. The molecule has 252 valence electrons. The molecule has 2 rings (SSSR count). The first kappa shape index (κ1) is 39.9. The molecule has 0 bridgehead atoms. The molecule has 0 saturated heterocycles. The number of hydrogen-bond donors (Lipinski definition) is 2. The highest BCUT2D eigenvalue weighted by atomic mass is 16.5. The standard InChI is InChI=1S/C26H46O2.C15H24O/c1-4-7-9-11-13-15-17-19-23-24(20-18-16-14-12-10-8-5-2)26(28-6-3)22-21-25(23)27;1-2-3-4-5-6-7-8-11-14-12-9-10-13-15(14)16/h21-22,27H,4-20H2,1-3H3;9-10,12-13,16H,2-8,11H2,1H3. The van der Waals surface area contributed by atoms with Gasteiger partial charge in [-0.25, -0.2) is 0 Å². The molecule has 3 nitrogen and oxygen atoms in total. The minimum absolute atomic E-state index is 0.452. The number of benzene rings is 2. The first-order valence-electron chi connectivity index (χ1n) is 18.8. The first-order valence-corrected chi connectivity index (χ1v) is 18.8. The Morgan fingerprint density at radius 2 is 0.864 bits per heavy atom. The van der Waals surface area contributed by atoms with Crippen LogP contribution in [0.1, 0.15) is 179 Å². The summed E-state index contributed by atoms with van der Waals surface area (Å²) >= 11 is 0. The van der Waals surface area contributed by atoms with Gasteiger partial charge in [-0.05, 0) is 69.2 Å². The summed E-state index contributed by atoms with van der Waals surface area (Å²) in [4.78, 5) is 0. The van der Waals surface area contributed by atoms with Crippen molar-refractivity contribution in [1.82, 2.24) is 0 Å². The Labute approximate surface area is 273 Å². The maximum atomic E-state index is 10.5. The number of para-hydroxylation sites is 1. The SMILES string of the molecule is CCCCCCCCCc1c(O)ccc(OCC)c1CCCCCCCCC.CCCCCCCCCc1ccccc1O. The Kier molecular flexibility index (Phi) is 25.7. The minimum atomic E-state index is 0.452. The summed E-state index contributed by atoms with van der Waals surface area (Å²) in [6.45, 7) is 9.51. The molecule has 3 heteroatoms. The van der Waals surface area contributed by atoms with Crippen LogP contribution in [-0.2, 0) is 19.3 Å². The van der Waals surface area contributed by atoms with Crippen molar-refractivity contribution in [3.05, 3.63) is 53.1 Å². The van der Waals surface area contributed by atoms with E-state index < -0.39 is 0 Å². The van der Waals surface area contributed by atoms with Gasteiger partial charge in [0.2, 0.25) is 0 Å². The zero-order valence-corrected chi connectivity index (χ0v) is 29.4. The van der Waals surface area contributed by atoms with E-state index in [0.717, 1.165) is 36.1 Å². The van der Waals surface area contributed by atoms with Gasteiger partial charge < -0.3 is 14.9 Å². The van der Waals surface area contributed by atoms with E-state index in [1.54, 1.807) is 6.07 Å². The second-order valence-electron chi connectivity index (χ2n) is 12.7. The van der Waals surface area contributed by atoms with Gasteiger partial charge in [0.1, 0.15) is 17.2 Å². The lowest BCUT2D eigenvalue weighted by Gasteiger charge is -2.17. The zero-order chi connectivity index (χ0) is 32.1. The topological polar surface area (TPSA) is 49.7 Å². The number of unbranched alkanes of at least 4 members (excludes halogenated alkanes) is 18. The molecule has 0 spiro atoms. The summed E-state index contributed by atoms with van der Waals surface area (Å²) < 4.78 is 5.90. The van der Waals surface area contributed by atoms with E-state index in [1.807, 2.05) is 37.3 Å². The van der Waals surface area contributed by atoms with E-state index in [4.69, 9.17) is 4.74 Å². The van der Waals surface area contributed by atoms with Crippen molar-refractivity contribution in [3.8, 4) is 17.2 Å². The van der Waals surface area contributed by atoms with Crippen molar-refractivity contribution in [2.75, 3.05) is 6.61 Å². The Morgan fingerprint density at radius 3 is 1.34 bits per heavy atom. The number of phenolic OH excluding ortho intramolecular Hbond substituents is 2. The number of aryl methyl sites for hydroxylation is 1. The highest BCUT2D eigenvalue weighted by molar-refractivity contribution is 5.48. The van der Waals surface area contributed by atoms with E-state index in [0.29, 0.717) is 18.1 Å². The Balaban J connectivity index is 0.000000511. The summed E-state index contributed by atoms with van der Waals surface area (Å²) in [5.41, 5.74) is 3.50. The summed E-state index contributed by atoms with van der Waals surface area (Å²) in [5.74, 6) is 1.91. The summed E-state index contributed by atoms with van der Waals surface area (Å²) in [5, 5.41) is 20.1. The smallest absolute Gasteiger partial charge is 0.123 e. The molecule has 0 aliphatic rings. The third kappa shape index (κ3) is 19.3. The van der Waals surface area contributed by atoms with Crippen LogP contribution in [-0.4, -0.2) is 16.8 Å². The molecule has 0 saturated carbocycles. The number of rotatable bonds is 26. The van der Waals surface area contributed by atoms with E-state index in [2.05, 4.69) is 20.8 Å². The van der Waals surface area contributed by atoms with Gasteiger partial charge in [0.05, 0.1) is 6.61 Å². The molecule has 0 radical (unpaired) electrons. The normalized spacial score (nSPS) is 10.9. The second-order valence-corrected chi connectivity index (χ2v) is 12.7. The predicted octanol–water partition coefficient (Wildman–Crippen LogP) is 13.1. The van der Waals surface area contributed by atoms with Crippen molar-refractivity contribution in [1.29, 1.82) is 0 Å².